The Balaban J connectivity index is 1.55. The highest BCUT2D eigenvalue weighted by Gasteiger charge is 2.30. The van der Waals surface area contributed by atoms with Gasteiger partial charge in [-0.15, -0.1) is 5.10 Å². The number of carbonyl (C=O) groups excluding carboxylic acids is 1. The fourth-order valence-electron chi connectivity index (χ4n) is 4.88. The third-order valence-corrected chi connectivity index (χ3v) is 7.00. The van der Waals surface area contributed by atoms with Gasteiger partial charge in [-0.1, -0.05) is 60.2 Å². The van der Waals surface area contributed by atoms with Crippen LogP contribution in [-0.4, -0.2) is 45.7 Å². The molecule has 0 unspecified atom stereocenters. The Morgan fingerprint density at radius 2 is 1.47 bits per heavy atom. The standard InChI is InChI=1S/C33H28N4O6/c1-21-11-15-26(16-12-21)37-33(43)30-22(2)27(32(42)36(31(30)34-37)25-8-4-3-5-9-25)10-6-7-23-13-17-24(18-14-23)35(19-28(38)39)20-29(40)41/h3-18H,19-20H2,1-2H3,(H,38,39)(H,40,41)/b7-6?,27-10-. The molecule has 216 valence electrons. The van der Waals surface area contributed by atoms with Crippen molar-refractivity contribution < 1.29 is 24.6 Å². The lowest BCUT2D eigenvalue weighted by molar-refractivity contribution is -0.136. The zero-order valence-corrected chi connectivity index (χ0v) is 23.5. The van der Waals surface area contributed by atoms with E-state index < -0.39 is 25.0 Å². The van der Waals surface area contributed by atoms with Crippen LogP contribution in [0.25, 0.3) is 17.8 Å². The topological polar surface area (TPSA) is 133 Å². The maximum atomic E-state index is 13.9. The average Bonchev–Trinajstić information content (AvgIpc) is 3.32. The van der Waals surface area contributed by atoms with Crippen LogP contribution in [0.3, 0.4) is 0 Å². The summed E-state index contributed by atoms with van der Waals surface area (Å²) < 4.78 is 1.45. The summed E-state index contributed by atoms with van der Waals surface area (Å²) in [7, 11) is 0. The van der Waals surface area contributed by atoms with E-state index in [4.69, 9.17) is 10.2 Å². The van der Waals surface area contributed by atoms with Gasteiger partial charge in [-0.05, 0) is 67.4 Å². The number of nitrogens with zero attached hydrogens (tertiary/aromatic N) is 4. The monoisotopic (exact) mass is 576 g/mol. The highest BCUT2D eigenvalue weighted by atomic mass is 16.4. The molecule has 1 aliphatic rings. The maximum Gasteiger partial charge on any atom is 0.323 e. The molecular weight excluding hydrogens is 548 g/mol. The summed E-state index contributed by atoms with van der Waals surface area (Å²) in [6.07, 6.45) is 5.10. The number of hydrogen-bond donors (Lipinski definition) is 2. The van der Waals surface area contributed by atoms with Crippen molar-refractivity contribution in [3.05, 3.63) is 128 Å². The predicted octanol–water partition coefficient (Wildman–Crippen LogP) is 3.12. The van der Waals surface area contributed by atoms with Gasteiger partial charge in [0.25, 0.3) is 11.5 Å². The van der Waals surface area contributed by atoms with Crippen LogP contribution in [0, 0.1) is 13.8 Å². The summed E-state index contributed by atoms with van der Waals surface area (Å²) in [6.45, 7) is 2.78. The van der Waals surface area contributed by atoms with Gasteiger partial charge >= 0.3 is 11.9 Å². The summed E-state index contributed by atoms with van der Waals surface area (Å²) in [5.41, 5.74) is 4.19. The number of pyridine rings is 1. The number of hydrogen-bond acceptors (Lipinski definition) is 6. The first-order chi connectivity index (χ1) is 20.6. The molecule has 2 heterocycles. The third kappa shape index (κ3) is 5.98. The van der Waals surface area contributed by atoms with E-state index in [1.165, 1.54) is 14.5 Å². The number of fused-ring (bicyclic) bond motifs is 1. The summed E-state index contributed by atoms with van der Waals surface area (Å²) >= 11 is 0. The number of aliphatic carboxylic acids is 2. The van der Waals surface area contributed by atoms with Gasteiger partial charge in [-0.25, -0.2) is 0 Å². The van der Waals surface area contributed by atoms with E-state index in [0.29, 0.717) is 33.4 Å². The average molecular weight is 577 g/mol. The second-order valence-electron chi connectivity index (χ2n) is 10.0. The molecule has 0 saturated heterocycles. The molecule has 10 nitrogen and oxygen atoms in total. The Hall–Kier alpha value is -5.77. The van der Waals surface area contributed by atoms with E-state index in [1.54, 1.807) is 61.5 Å². The van der Waals surface area contributed by atoms with Crippen molar-refractivity contribution in [2.24, 2.45) is 5.10 Å². The molecule has 0 spiro atoms. The van der Waals surface area contributed by atoms with Gasteiger partial charge in [0.1, 0.15) is 13.1 Å². The van der Waals surface area contributed by atoms with Crippen LogP contribution in [0.5, 0.6) is 0 Å². The highest BCUT2D eigenvalue weighted by Crippen LogP contribution is 2.21. The van der Waals surface area contributed by atoms with E-state index in [-0.39, 0.29) is 17.0 Å². The van der Waals surface area contributed by atoms with Crippen LogP contribution < -0.4 is 26.2 Å². The maximum absolute atomic E-state index is 13.9. The first kappa shape index (κ1) is 28.7. The lowest BCUT2D eigenvalue weighted by Gasteiger charge is -2.20. The molecule has 0 atom stereocenters. The van der Waals surface area contributed by atoms with E-state index in [0.717, 1.165) is 11.1 Å². The normalized spacial score (nSPS) is 12.8. The van der Waals surface area contributed by atoms with E-state index in [1.807, 2.05) is 49.4 Å². The van der Waals surface area contributed by atoms with Crippen LogP contribution in [0.1, 0.15) is 27.0 Å². The molecule has 3 aromatic carbocycles. The fraction of sp³-hybridized carbons (Fsp3) is 0.121. The molecule has 0 fully saturated rings. The number of para-hydroxylation sites is 1. The molecule has 0 radical (unpaired) electrons. The van der Waals surface area contributed by atoms with Gasteiger partial charge in [0.2, 0.25) is 0 Å². The SMILES string of the molecule is Cc1ccc(N2N=c3c(c(C)/c(=C/C=Cc4ccc(N(CC(=O)O)CC(=O)O)cc4)c(=O)n3-c3ccccc3)C2=O)cc1. The van der Waals surface area contributed by atoms with Crippen molar-refractivity contribution in [3.63, 3.8) is 0 Å². The van der Waals surface area contributed by atoms with Crippen molar-refractivity contribution in [1.29, 1.82) is 0 Å². The van der Waals surface area contributed by atoms with Crippen molar-refractivity contribution in [2.45, 2.75) is 13.8 Å². The van der Waals surface area contributed by atoms with E-state index >= 15 is 0 Å². The second-order valence-corrected chi connectivity index (χ2v) is 10.0. The molecule has 0 saturated carbocycles. The number of rotatable bonds is 9. The Kier molecular flexibility index (Phi) is 8.02. The number of allylic oxidation sites excluding steroid dienone is 1. The smallest absolute Gasteiger partial charge is 0.323 e. The van der Waals surface area contributed by atoms with Gasteiger partial charge in [0.05, 0.1) is 16.9 Å². The second kappa shape index (κ2) is 12.0. The zero-order valence-electron chi connectivity index (χ0n) is 23.5. The number of aryl methyl sites for hydroxylation is 1. The molecule has 5 rings (SSSR count). The largest absolute Gasteiger partial charge is 0.480 e. The molecule has 43 heavy (non-hydrogen) atoms. The number of benzene rings is 3. The van der Waals surface area contributed by atoms with E-state index in [2.05, 4.69) is 5.10 Å². The molecule has 1 aromatic heterocycles. The van der Waals surface area contributed by atoms with Gasteiger partial charge in [0, 0.05) is 10.9 Å². The van der Waals surface area contributed by atoms with Crippen molar-refractivity contribution in [3.8, 4) is 5.69 Å². The molecular formula is C33H28N4O6. The number of anilines is 2. The molecule has 4 aromatic rings. The van der Waals surface area contributed by atoms with Crippen molar-refractivity contribution >= 4 is 41.4 Å². The quantitative estimate of drug-likeness (QED) is 0.313. The minimum Gasteiger partial charge on any atom is -0.480 e. The lowest BCUT2D eigenvalue weighted by atomic mass is 10.1. The summed E-state index contributed by atoms with van der Waals surface area (Å²) in [5, 5.41) is 24.5. The number of carboxylic acid groups (broad SMARTS) is 2. The first-order valence-electron chi connectivity index (χ1n) is 13.4. The van der Waals surface area contributed by atoms with Gasteiger partial charge < -0.3 is 15.1 Å². The van der Waals surface area contributed by atoms with Crippen LogP contribution >= 0.6 is 0 Å². The molecule has 2 N–H and O–H groups in total. The predicted molar refractivity (Wildman–Crippen MR) is 163 cm³/mol. The van der Waals surface area contributed by atoms with E-state index in [9.17, 15) is 19.2 Å². The first-order valence-corrected chi connectivity index (χ1v) is 13.4. The Morgan fingerprint density at radius 1 is 0.837 bits per heavy atom. The van der Waals surface area contributed by atoms with Crippen LogP contribution in [0.15, 0.2) is 94.8 Å². The highest BCUT2D eigenvalue weighted by molar-refractivity contribution is 6.08. The minimum atomic E-state index is -1.14. The number of amides is 1. The Bertz CT molecular complexity index is 1910. The molecule has 1 aliphatic heterocycles. The summed E-state index contributed by atoms with van der Waals surface area (Å²) in [6, 6.07) is 23.1. The number of carboxylic acids is 2. The molecule has 0 aliphatic carbocycles. The van der Waals surface area contributed by atoms with Crippen LogP contribution in [0.4, 0.5) is 11.4 Å². The molecule has 10 heteroatoms. The third-order valence-electron chi connectivity index (χ3n) is 7.00. The minimum absolute atomic E-state index is 0.267. The van der Waals surface area contributed by atoms with Gasteiger partial charge in [0.15, 0.2) is 5.49 Å². The van der Waals surface area contributed by atoms with Gasteiger partial charge in [-0.2, -0.15) is 5.01 Å². The van der Waals surface area contributed by atoms with Crippen molar-refractivity contribution in [2.75, 3.05) is 23.0 Å². The number of aromatic nitrogens is 1. The fourth-order valence-corrected chi connectivity index (χ4v) is 4.88. The number of carbonyl (C=O) groups is 3. The molecule has 0 bridgehead atoms. The summed E-state index contributed by atoms with van der Waals surface area (Å²) in [5.74, 6) is -2.61. The van der Waals surface area contributed by atoms with Crippen molar-refractivity contribution in [1.82, 2.24) is 4.57 Å². The lowest BCUT2D eigenvalue weighted by Crippen LogP contribution is -2.45. The summed E-state index contributed by atoms with van der Waals surface area (Å²) in [4.78, 5) is 51.1. The molecule has 1 amide bonds. The van der Waals surface area contributed by atoms with Crippen LogP contribution in [-0.2, 0) is 9.59 Å². The zero-order chi connectivity index (χ0) is 30.7. The Labute approximate surface area is 246 Å². The Morgan fingerprint density at radius 3 is 2.07 bits per heavy atom. The van der Waals surface area contributed by atoms with Gasteiger partial charge in [-0.3, -0.25) is 23.7 Å². The van der Waals surface area contributed by atoms with Crippen LogP contribution in [0.2, 0.25) is 0 Å².